The number of benzene rings is 1. The summed E-state index contributed by atoms with van der Waals surface area (Å²) in [6, 6.07) is 2.39. The molecule has 98 valence electrons. The number of nitro benzene ring substituents is 1. The van der Waals surface area contributed by atoms with Gasteiger partial charge in [-0.05, 0) is 12.5 Å². The molecular weight excluding hydrogens is 262 g/mol. The Kier molecular flexibility index (Phi) is 4.91. The molecule has 0 spiro atoms. The maximum atomic E-state index is 11.6. The first-order valence-corrected chi connectivity index (χ1v) is 5.58. The van der Waals surface area contributed by atoms with Gasteiger partial charge in [0.05, 0.1) is 24.2 Å². The van der Waals surface area contributed by atoms with Crippen molar-refractivity contribution in [3.05, 3.63) is 32.8 Å². The Labute approximate surface area is 109 Å². The third-order valence-electron chi connectivity index (χ3n) is 2.11. The standard InChI is InChI=1S/C11H12ClNO5/c1-3-4-18-11(14)7-5-8(13(15)16)10(12)9(6-7)17-2/h5-6H,3-4H2,1-2H3. The van der Waals surface area contributed by atoms with Crippen LogP contribution in [-0.4, -0.2) is 24.6 Å². The third kappa shape index (κ3) is 3.10. The van der Waals surface area contributed by atoms with Crippen LogP contribution >= 0.6 is 11.6 Å². The van der Waals surface area contributed by atoms with Gasteiger partial charge in [0.15, 0.2) is 5.02 Å². The number of halogens is 1. The predicted octanol–water partition coefficient (Wildman–Crippen LogP) is 2.82. The summed E-state index contributed by atoms with van der Waals surface area (Å²) in [6.07, 6.45) is 0.665. The van der Waals surface area contributed by atoms with Crippen LogP contribution in [0.5, 0.6) is 5.75 Å². The SMILES string of the molecule is CCCOC(=O)c1cc(OC)c(Cl)c([N+](=O)[O-])c1. The van der Waals surface area contributed by atoms with Crippen molar-refractivity contribution in [3.8, 4) is 5.75 Å². The number of methoxy groups -OCH3 is 1. The zero-order chi connectivity index (χ0) is 13.7. The predicted molar refractivity (Wildman–Crippen MR) is 65.2 cm³/mol. The smallest absolute Gasteiger partial charge is 0.338 e. The molecule has 0 saturated heterocycles. The monoisotopic (exact) mass is 273 g/mol. The van der Waals surface area contributed by atoms with Crippen LogP contribution in [0.3, 0.4) is 0 Å². The molecule has 1 aromatic carbocycles. The second-order valence-electron chi connectivity index (χ2n) is 3.40. The molecule has 0 aliphatic carbocycles. The molecule has 0 aliphatic heterocycles. The van der Waals surface area contributed by atoms with Gasteiger partial charge >= 0.3 is 5.97 Å². The average molecular weight is 274 g/mol. The highest BCUT2D eigenvalue weighted by Gasteiger charge is 2.22. The van der Waals surface area contributed by atoms with Gasteiger partial charge in [0, 0.05) is 6.07 Å². The van der Waals surface area contributed by atoms with Crippen LogP contribution in [0.2, 0.25) is 5.02 Å². The lowest BCUT2D eigenvalue weighted by Crippen LogP contribution is -2.07. The van der Waals surface area contributed by atoms with Gasteiger partial charge in [-0.15, -0.1) is 0 Å². The molecule has 0 N–H and O–H groups in total. The van der Waals surface area contributed by atoms with Crippen molar-refractivity contribution in [2.75, 3.05) is 13.7 Å². The van der Waals surface area contributed by atoms with Crippen LogP contribution in [-0.2, 0) is 4.74 Å². The molecule has 7 heteroatoms. The van der Waals surface area contributed by atoms with Gasteiger partial charge < -0.3 is 9.47 Å². The zero-order valence-electron chi connectivity index (χ0n) is 9.94. The van der Waals surface area contributed by atoms with Crippen molar-refractivity contribution in [2.24, 2.45) is 0 Å². The number of hydrogen-bond donors (Lipinski definition) is 0. The largest absolute Gasteiger partial charge is 0.495 e. The quantitative estimate of drug-likeness (QED) is 0.468. The molecule has 0 unspecified atom stereocenters. The molecule has 0 heterocycles. The minimum absolute atomic E-state index is 0.0383. The lowest BCUT2D eigenvalue weighted by Gasteiger charge is -2.07. The van der Waals surface area contributed by atoms with E-state index in [4.69, 9.17) is 21.1 Å². The Balaban J connectivity index is 3.17. The van der Waals surface area contributed by atoms with E-state index in [-0.39, 0.29) is 28.6 Å². The Morgan fingerprint density at radius 1 is 1.50 bits per heavy atom. The maximum absolute atomic E-state index is 11.6. The number of nitro groups is 1. The molecule has 18 heavy (non-hydrogen) atoms. The van der Waals surface area contributed by atoms with Crippen LogP contribution in [0.15, 0.2) is 12.1 Å². The summed E-state index contributed by atoms with van der Waals surface area (Å²) in [5, 5.41) is 10.6. The molecular formula is C11H12ClNO5. The molecule has 0 aromatic heterocycles. The molecule has 1 rings (SSSR count). The normalized spacial score (nSPS) is 9.94. The molecule has 1 aromatic rings. The van der Waals surface area contributed by atoms with Crippen molar-refractivity contribution < 1.29 is 19.2 Å². The van der Waals surface area contributed by atoms with Gasteiger partial charge in [0.25, 0.3) is 5.69 Å². The fourth-order valence-electron chi connectivity index (χ4n) is 1.26. The van der Waals surface area contributed by atoms with Crippen LogP contribution in [0.4, 0.5) is 5.69 Å². The lowest BCUT2D eigenvalue weighted by molar-refractivity contribution is -0.384. The van der Waals surface area contributed by atoms with E-state index in [9.17, 15) is 14.9 Å². The van der Waals surface area contributed by atoms with Gasteiger partial charge in [0.2, 0.25) is 0 Å². The number of hydrogen-bond acceptors (Lipinski definition) is 5. The van der Waals surface area contributed by atoms with Gasteiger partial charge in [-0.1, -0.05) is 18.5 Å². The van der Waals surface area contributed by atoms with Crippen molar-refractivity contribution in [2.45, 2.75) is 13.3 Å². The van der Waals surface area contributed by atoms with Crippen molar-refractivity contribution in [3.63, 3.8) is 0 Å². The summed E-state index contributed by atoms with van der Waals surface area (Å²) >= 11 is 5.77. The number of nitrogens with zero attached hydrogens (tertiary/aromatic N) is 1. The maximum Gasteiger partial charge on any atom is 0.338 e. The number of ether oxygens (including phenoxy) is 2. The number of esters is 1. The van der Waals surface area contributed by atoms with Crippen molar-refractivity contribution >= 4 is 23.3 Å². The minimum Gasteiger partial charge on any atom is -0.495 e. The second-order valence-corrected chi connectivity index (χ2v) is 3.78. The molecule has 0 amide bonds. The fraction of sp³-hybridized carbons (Fsp3) is 0.364. The van der Waals surface area contributed by atoms with Crippen LogP contribution < -0.4 is 4.74 Å². The molecule has 0 bridgehead atoms. The Morgan fingerprint density at radius 2 is 2.17 bits per heavy atom. The first-order chi connectivity index (χ1) is 8.51. The first kappa shape index (κ1) is 14.2. The highest BCUT2D eigenvalue weighted by Crippen LogP contribution is 2.35. The van der Waals surface area contributed by atoms with E-state index >= 15 is 0 Å². The van der Waals surface area contributed by atoms with E-state index in [1.165, 1.54) is 13.2 Å². The Hall–Kier alpha value is -1.82. The van der Waals surface area contributed by atoms with Gasteiger partial charge in [-0.25, -0.2) is 4.79 Å². The summed E-state index contributed by atoms with van der Waals surface area (Å²) in [6.45, 7) is 2.09. The molecule has 0 aliphatic rings. The van der Waals surface area contributed by atoms with E-state index in [0.717, 1.165) is 6.07 Å². The van der Waals surface area contributed by atoms with Crippen LogP contribution in [0, 0.1) is 10.1 Å². The molecule has 0 fully saturated rings. The Bertz CT molecular complexity index is 475. The van der Waals surface area contributed by atoms with Crippen molar-refractivity contribution in [1.29, 1.82) is 0 Å². The topological polar surface area (TPSA) is 78.7 Å². The van der Waals surface area contributed by atoms with E-state index in [1.54, 1.807) is 0 Å². The van der Waals surface area contributed by atoms with Gasteiger partial charge in [0.1, 0.15) is 5.75 Å². The molecule has 0 saturated carbocycles. The van der Waals surface area contributed by atoms with Crippen molar-refractivity contribution in [1.82, 2.24) is 0 Å². The molecule has 6 nitrogen and oxygen atoms in total. The van der Waals surface area contributed by atoms with E-state index in [1.807, 2.05) is 6.92 Å². The minimum atomic E-state index is -0.679. The van der Waals surface area contributed by atoms with Crippen LogP contribution in [0.25, 0.3) is 0 Å². The Morgan fingerprint density at radius 3 is 2.67 bits per heavy atom. The van der Waals surface area contributed by atoms with Gasteiger partial charge in [-0.3, -0.25) is 10.1 Å². The highest BCUT2D eigenvalue weighted by molar-refractivity contribution is 6.34. The average Bonchev–Trinajstić information content (AvgIpc) is 2.35. The zero-order valence-corrected chi connectivity index (χ0v) is 10.7. The van der Waals surface area contributed by atoms with E-state index < -0.39 is 10.9 Å². The lowest BCUT2D eigenvalue weighted by atomic mass is 10.2. The fourth-order valence-corrected chi connectivity index (χ4v) is 1.52. The summed E-state index contributed by atoms with van der Waals surface area (Å²) in [4.78, 5) is 21.7. The summed E-state index contributed by atoms with van der Waals surface area (Å²) in [5.74, 6) is -0.579. The van der Waals surface area contributed by atoms with E-state index in [0.29, 0.717) is 6.42 Å². The number of rotatable bonds is 5. The summed E-state index contributed by atoms with van der Waals surface area (Å²) in [5.41, 5.74) is -0.351. The first-order valence-electron chi connectivity index (χ1n) is 5.20. The van der Waals surface area contributed by atoms with E-state index in [2.05, 4.69) is 0 Å². The summed E-state index contributed by atoms with van der Waals surface area (Å²) < 4.78 is 9.78. The third-order valence-corrected chi connectivity index (χ3v) is 2.49. The molecule has 0 atom stereocenters. The summed E-state index contributed by atoms with van der Waals surface area (Å²) in [7, 11) is 1.31. The molecule has 0 radical (unpaired) electrons. The van der Waals surface area contributed by atoms with Crippen LogP contribution in [0.1, 0.15) is 23.7 Å². The highest BCUT2D eigenvalue weighted by atomic mass is 35.5. The number of carbonyl (C=O) groups is 1. The van der Waals surface area contributed by atoms with Gasteiger partial charge in [-0.2, -0.15) is 0 Å². The second kappa shape index (κ2) is 6.20. The number of carbonyl (C=O) groups excluding carboxylic acids is 1.